The summed E-state index contributed by atoms with van der Waals surface area (Å²) in [6.07, 6.45) is 5.66. The van der Waals surface area contributed by atoms with Crippen LogP contribution < -0.4 is 9.21 Å². The third kappa shape index (κ3) is 4.56. The summed E-state index contributed by atoms with van der Waals surface area (Å²) in [4.78, 5) is 17.1. The third-order valence-electron chi connectivity index (χ3n) is 6.26. The minimum atomic E-state index is -3.33. The molecule has 1 fully saturated rings. The molecule has 2 aliphatic rings. The molecule has 0 saturated carbocycles. The Hall–Kier alpha value is -2.54. The second-order valence-corrected chi connectivity index (χ2v) is 10.7. The lowest BCUT2D eigenvalue weighted by molar-refractivity contribution is 0.0785. The van der Waals surface area contributed by atoms with Crippen molar-refractivity contribution in [2.45, 2.75) is 45.2 Å². The predicted molar refractivity (Wildman–Crippen MR) is 125 cm³/mol. The molecule has 31 heavy (non-hydrogen) atoms. The second kappa shape index (κ2) is 8.54. The van der Waals surface area contributed by atoms with Gasteiger partial charge in [-0.05, 0) is 74.1 Å². The van der Waals surface area contributed by atoms with Crippen LogP contribution in [0.1, 0.15) is 47.7 Å². The van der Waals surface area contributed by atoms with Crippen LogP contribution in [0.3, 0.4) is 0 Å². The molecule has 1 saturated heterocycles. The Labute approximate surface area is 185 Å². The molecule has 6 nitrogen and oxygen atoms in total. The fourth-order valence-corrected chi connectivity index (χ4v) is 6.04. The van der Waals surface area contributed by atoms with Crippen LogP contribution in [0, 0.1) is 0 Å². The van der Waals surface area contributed by atoms with Crippen molar-refractivity contribution in [1.82, 2.24) is 4.90 Å². The van der Waals surface area contributed by atoms with Crippen LogP contribution in [0.15, 0.2) is 42.5 Å². The average molecular weight is 442 g/mol. The van der Waals surface area contributed by atoms with E-state index in [2.05, 4.69) is 29.2 Å². The van der Waals surface area contributed by atoms with Gasteiger partial charge in [-0.2, -0.15) is 0 Å². The van der Waals surface area contributed by atoms with Crippen LogP contribution in [0.5, 0.6) is 0 Å². The van der Waals surface area contributed by atoms with Gasteiger partial charge in [0.2, 0.25) is 10.0 Å². The Morgan fingerprint density at radius 3 is 2.39 bits per heavy atom. The van der Waals surface area contributed by atoms with Gasteiger partial charge in [0.15, 0.2) is 0 Å². The van der Waals surface area contributed by atoms with E-state index >= 15 is 0 Å². The summed E-state index contributed by atoms with van der Waals surface area (Å²) >= 11 is 0. The van der Waals surface area contributed by atoms with Crippen molar-refractivity contribution in [3.8, 4) is 0 Å². The number of fused-ring (bicyclic) bond motifs is 1. The molecular formula is C24H31N3O3S. The number of piperidine rings is 1. The van der Waals surface area contributed by atoms with Crippen molar-refractivity contribution >= 4 is 27.3 Å². The highest BCUT2D eigenvalue weighted by molar-refractivity contribution is 7.92. The lowest BCUT2D eigenvalue weighted by Crippen LogP contribution is -2.34. The van der Waals surface area contributed by atoms with Crippen LogP contribution in [0.2, 0.25) is 0 Å². The van der Waals surface area contributed by atoms with Gasteiger partial charge in [-0.3, -0.25) is 9.10 Å². The molecule has 0 N–H and O–H groups in total. The van der Waals surface area contributed by atoms with E-state index in [1.165, 1.54) is 35.5 Å². The Morgan fingerprint density at radius 2 is 1.74 bits per heavy atom. The number of anilines is 2. The Balaban J connectivity index is 1.45. The van der Waals surface area contributed by atoms with Crippen molar-refractivity contribution in [3.05, 3.63) is 59.2 Å². The lowest BCUT2D eigenvalue weighted by atomic mass is 10.1. The molecule has 166 valence electrons. The predicted octanol–water partition coefficient (Wildman–Crippen LogP) is 3.66. The smallest absolute Gasteiger partial charge is 0.253 e. The first-order valence-corrected chi connectivity index (χ1v) is 12.8. The van der Waals surface area contributed by atoms with E-state index < -0.39 is 10.0 Å². The fraction of sp³-hybridized carbons (Fsp3) is 0.458. The molecule has 2 aromatic rings. The van der Waals surface area contributed by atoms with Gasteiger partial charge in [0.1, 0.15) is 0 Å². The first kappa shape index (κ1) is 21.7. The molecular weight excluding hydrogens is 410 g/mol. The zero-order chi connectivity index (χ0) is 22.2. The second-order valence-electron chi connectivity index (χ2n) is 8.83. The quantitative estimate of drug-likeness (QED) is 0.711. The first-order chi connectivity index (χ1) is 14.7. The molecule has 0 radical (unpaired) electrons. The Bertz CT molecular complexity index is 1060. The molecule has 0 aromatic heterocycles. The lowest BCUT2D eigenvalue weighted by Gasteiger charge is -2.29. The molecule has 2 aromatic carbocycles. The van der Waals surface area contributed by atoms with Gasteiger partial charge in [-0.15, -0.1) is 0 Å². The maximum atomic E-state index is 13.0. The summed E-state index contributed by atoms with van der Waals surface area (Å²) < 4.78 is 25.7. The average Bonchev–Trinajstić information content (AvgIpc) is 3.09. The fourth-order valence-electron chi connectivity index (χ4n) is 4.77. The summed E-state index contributed by atoms with van der Waals surface area (Å²) in [6.45, 7) is 4.65. The van der Waals surface area contributed by atoms with E-state index in [1.54, 1.807) is 24.1 Å². The summed E-state index contributed by atoms with van der Waals surface area (Å²) in [7, 11) is -1.53. The number of carbonyl (C=O) groups is 1. The van der Waals surface area contributed by atoms with Gasteiger partial charge in [-0.25, -0.2) is 8.42 Å². The zero-order valence-corrected chi connectivity index (χ0v) is 19.4. The number of amides is 1. The van der Waals surface area contributed by atoms with Gasteiger partial charge >= 0.3 is 0 Å². The normalized spacial score (nSPS) is 18.7. The van der Waals surface area contributed by atoms with Crippen molar-refractivity contribution < 1.29 is 13.2 Å². The van der Waals surface area contributed by atoms with Crippen LogP contribution >= 0.6 is 0 Å². The van der Waals surface area contributed by atoms with Gasteiger partial charge in [0, 0.05) is 44.0 Å². The summed E-state index contributed by atoms with van der Waals surface area (Å²) in [5, 5.41) is 0. The molecule has 1 unspecified atom stereocenters. The van der Waals surface area contributed by atoms with E-state index in [0.717, 1.165) is 24.2 Å². The van der Waals surface area contributed by atoms with E-state index in [1.807, 2.05) is 13.0 Å². The molecule has 0 bridgehead atoms. The number of benzene rings is 2. The molecule has 1 atom stereocenters. The van der Waals surface area contributed by atoms with E-state index in [-0.39, 0.29) is 11.9 Å². The highest BCUT2D eigenvalue weighted by Crippen LogP contribution is 2.35. The number of nitrogens with zero attached hydrogens (tertiary/aromatic N) is 3. The van der Waals surface area contributed by atoms with E-state index in [9.17, 15) is 13.2 Å². The van der Waals surface area contributed by atoms with Crippen molar-refractivity contribution in [2.24, 2.45) is 0 Å². The molecule has 0 aliphatic carbocycles. The third-order valence-corrected chi connectivity index (χ3v) is 7.53. The maximum Gasteiger partial charge on any atom is 0.253 e. The topological polar surface area (TPSA) is 60.9 Å². The summed E-state index contributed by atoms with van der Waals surface area (Å²) in [5.74, 6) is -0.0617. The largest absolute Gasteiger partial charge is 0.372 e. The number of carbonyl (C=O) groups excluding carboxylic acids is 1. The van der Waals surface area contributed by atoms with Gasteiger partial charge in [-0.1, -0.05) is 12.1 Å². The zero-order valence-electron chi connectivity index (χ0n) is 18.5. The van der Waals surface area contributed by atoms with Crippen LogP contribution in [0.4, 0.5) is 11.4 Å². The molecule has 4 rings (SSSR count). The molecule has 1 amide bonds. The van der Waals surface area contributed by atoms with Gasteiger partial charge in [0.05, 0.1) is 11.9 Å². The van der Waals surface area contributed by atoms with E-state index in [0.29, 0.717) is 24.2 Å². The minimum Gasteiger partial charge on any atom is -0.372 e. The summed E-state index contributed by atoms with van der Waals surface area (Å²) in [6, 6.07) is 13.7. The maximum absolute atomic E-state index is 13.0. The number of hydrogen-bond acceptors (Lipinski definition) is 4. The van der Waals surface area contributed by atoms with Gasteiger partial charge < -0.3 is 9.80 Å². The van der Waals surface area contributed by atoms with Crippen molar-refractivity contribution in [3.63, 3.8) is 0 Å². The number of sulfonamides is 1. The van der Waals surface area contributed by atoms with Gasteiger partial charge in [0.25, 0.3) is 5.91 Å². The minimum absolute atomic E-state index is 0.0617. The molecule has 0 spiro atoms. The summed E-state index contributed by atoms with van der Waals surface area (Å²) in [5.41, 5.74) is 4.52. The highest BCUT2D eigenvalue weighted by atomic mass is 32.2. The number of rotatable bonds is 5. The highest BCUT2D eigenvalue weighted by Gasteiger charge is 2.33. The monoisotopic (exact) mass is 441 g/mol. The van der Waals surface area contributed by atoms with Crippen molar-refractivity contribution in [1.29, 1.82) is 0 Å². The standard InChI is InChI=1S/C24H31N3O3S/c1-18-15-21-16-20(9-12-23(21)27(18)31(3,29)30)24(28)25(2)17-19-7-10-22(11-8-19)26-13-5-4-6-14-26/h7-12,16,18H,4-6,13-15,17H2,1-3H3. The van der Waals surface area contributed by atoms with Crippen LogP contribution in [-0.4, -0.2) is 51.7 Å². The van der Waals surface area contributed by atoms with Crippen molar-refractivity contribution in [2.75, 3.05) is 35.6 Å². The SMILES string of the molecule is CC1Cc2cc(C(=O)N(C)Cc3ccc(N4CCCCC4)cc3)ccc2N1S(C)(=O)=O. The first-order valence-electron chi connectivity index (χ1n) is 11.0. The Kier molecular flexibility index (Phi) is 5.97. The van der Waals surface area contributed by atoms with E-state index in [4.69, 9.17) is 0 Å². The number of hydrogen-bond donors (Lipinski definition) is 0. The molecule has 7 heteroatoms. The van der Waals surface area contributed by atoms with Crippen LogP contribution in [-0.2, 0) is 23.0 Å². The Morgan fingerprint density at radius 1 is 1.06 bits per heavy atom. The molecule has 2 heterocycles. The van der Waals surface area contributed by atoms with Crippen LogP contribution in [0.25, 0.3) is 0 Å². The molecule has 2 aliphatic heterocycles.